The summed E-state index contributed by atoms with van der Waals surface area (Å²) in [6.07, 6.45) is -0.122. The lowest BCUT2D eigenvalue weighted by molar-refractivity contribution is -0.140. The van der Waals surface area contributed by atoms with Gasteiger partial charge in [0, 0.05) is 23.7 Å². The first-order valence-electron chi connectivity index (χ1n) is 11.6. The van der Waals surface area contributed by atoms with Gasteiger partial charge in [0.05, 0.1) is 11.3 Å². The number of ether oxygens (including phenoxy) is 1. The first-order chi connectivity index (χ1) is 16.9. The van der Waals surface area contributed by atoms with Crippen LogP contribution < -0.4 is 5.32 Å². The van der Waals surface area contributed by atoms with E-state index in [0.29, 0.717) is 23.5 Å². The molecule has 1 N–H and O–H groups in total. The van der Waals surface area contributed by atoms with Gasteiger partial charge in [-0.15, -0.1) is 11.8 Å². The summed E-state index contributed by atoms with van der Waals surface area (Å²) in [5.41, 5.74) is 4.54. The van der Waals surface area contributed by atoms with Crippen molar-refractivity contribution in [2.24, 2.45) is 0 Å². The van der Waals surface area contributed by atoms with Crippen molar-refractivity contribution in [3.63, 3.8) is 0 Å². The fourth-order valence-corrected chi connectivity index (χ4v) is 4.79. The number of rotatable bonds is 7. The molecule has 4 rings (SSSR count). The van der Waals surface area contributed by atoms with Crippen molar-refractivity contribution in [3.05, 3.63) is 95.1 Å². The molecule has 0 aromatic heterocycles. The van der Waals surface area contributed by atoms with E-state index in [9.17, 15) is 14.4 Å². The number of esters is 1. The molecule has 2 amide bonds. The molecule has 1 aliphatic rings. The van der Waals surface area contributed by atoms with Crippen molar-refractivity contribution in [1.82, 2.24) is 4.90 Å². The number of fused-ring (bicyclic) bond motifs is 1. The van der Waals surface area contributed by atoms with Crippen molar-refractivity contribution >= 4 is 35.2 Å². The van der Waals surface area contributed by atoms with Crippen LogP contribution >= 0.6 is 11.8 Å². The smallest absolute Gasteiger partial charge is 0.340 e. The molecule has 1 aliphatic heterocycles. The Kier molecular flexibility index (Phi) is 7.87. The van der Waals surface area contributed by atoms with E-state index in [-0.39, 0.29) is 17.6 Å². The van der Waals surface area contributed by atoms with Gasteiger partial charge in [0.1, 0.15) is 0 Å². The van der Waals surface area contributed by atoms with Crippen LogP contribution in [0.2, 0.25) is 0 Å². The van der Waals surface area contributed by atoms with E-state index in [1.807, 2.05) is 49.4 Å². The zero-order valence-electron chi connectivity index (χ0n) is 19.8. The van der Waals surface area contributed by atoms with Crippen LogP contribution in [0.1, 0.15) is 34.0 Å². The minimum atomic E-state index is -0.907. The maximum atomic E-state index is 13.0. The van der Waals surface area contributed by atoms with Gasteiger partial charge in [-0.25, -0.2) is 4.79 Å². The van der Waals surface area contributed by atoms with Gasteiger partial charge in [0.2, 0.25) is 5.91 Å². The van der Waals surface area contributed by atoms with E-state index in [1.54, 1.807) is 36.1 Å². The van der Waals surface area contributed by atoms with Crippen LogP contribution in [0.15, 0.2) is 77.7 Å². The highest BCUT2D eigenvalue weighted by molar-refractivity contribution is 8.00. The summed E-state index contributed by atoms with van der Waals surface area (Å²) in [6, 6.07) is 22.6. The number of carbonyl (C=O) groups excluding carboxylic acids is 3. The number of aryl methyl sites for hydroxylation is 1. The number of hydrogen-bond acceptors (Lipinski definition) is 5. The molecule has 1 unspecified atom stereocenters. The summed E-state index contributed by atoms with van der Waals surface area (Å²) in [4.78, 5) is 40.6. The highest BCUT2D eigenvalue weighted by Crippen LogP contribution is 2.25. The van der Waals surface area contributed by atoms with Crippen molar-refractivity contribution in [1.29, 1.82) is 0 Å². The van der Waals surface area contributed by atoms with Gasteiger partial charge in [-0.2, -0.15) is 0 Å². The Labute approximate surface area is 209 Å². The summed E-state index contributed by atoms with van der Waals surface area (Å²) in [5.74, 6) is -0.823. The quantitative estimate of drug-likeness (QED) is 0.380. The molecule has 3 aromatic carbocycles. The van der Waals surface area contributed by atoms with E-state index in [0.717, 1.165) is 23.2 Å². The summed E-state index contributed by atoms with van der Waals surface area (Å²) >= 11 is 1.25. The summed E-state index contributed by atoms with van der Waals surface area (Å²) in [6.45, 7) is 4.70. The van der Waals surface area contributed by atoms with Crippen molar-refractivity contribution in [2.75, 3.05) is 17.6 Å². The Morgan fingerprint density at radius 1 is 0.971 bits per heavy atom. The zero-order valence-corrected chi connectivity index (χ0v) is 20.6. The largest absolute Gasteiger partial charge is 0.449 e. The second-order valence-corrected chi connectivity index (χ2v) is 9.54. The molecule has 6 nitrogen and oxygen atoms in total. The van der Waals surface area contributed by atoms with Crippen LogP contribution in [0.4, 0.5) is 5.69 Å². The first kappa shape index (κ1) is 24.5. The highest BCUT2D eigenvalue weighted by Gasteiger charge is 2.28. The number of nitrogens with zero attached hydrogens (tertiary/aromatic N) is 1. The molecule has 35 heavy (non-hydrogen) atoms. The second kappa shape index (κ2) is 11.2. The monoisotopic (exact) mass is 488 g/mol. The normalized spacial score (nSPS) is 13.5. The van der Waals surface area contributed by atoms with Gasteiger partial charge in [0.25, 0.3) is 5.91 Å². The Hall–Kier alpha value is -3.58. The Bertz CT molecular complexity index is 1230. The molecule has 0 saturated heterocycles. The van der Waals surface area contributed by atoms with Crippen LogP contribution in [0, 0.1) is 6.92 Å². The summed E-state index contributed by atoms with van der Waals surface area (Å²) in [5, 5.41) is 2.85. The van der Waals surface area contributed by atoms with Crippen molar-refractivity contribution < 1.29 is 19.1 Å². The predicted molar refractivity (Wildman–Crippen MR) is 137 cm³/mol. The molecule has 0 fully saturated rings. The predicted octanol–water partition coefficient (Wildman–Crippen LogP) is 4.86. The highest BCUT2D eigenvalue weighted by atomic mass is 32.2. The fraction of sp³-hybridized carbons (Fsp3) is 0.250. The Morgan fingerprint density at radius 3 is 2.43 bits per heavy atom. The molecule has 0 radical (unpaired) electrons. The lowest BCUT2D eigenvalue weighted by Crippen LogP contribution is -2.42. The molecule has 1 atom stereocenters. The standard InChI is InChI=1S/C28H28N2O4S/c1-19-11-13-23(14-12-19)29-26(31)18-35-25-10-6-5-9-24(25)28(33)34-20(2)27(32)30-16-15-21-7-3-4-8-22(21)17-30/h3-14,20H,15-18H2,1-2H3,(H,29,31). The third-order valence-corrected chi connectivity index (χ3v) is 6.95. The van der Waals surface area contributed by atoms with Crippen LogP contribution in [0.5, 0.6) is 0 Å². The van der Waals surface area contributed by atoms with Gasteiger partial charge in [0.15, 0.2) is 6.10 Å². The number of thioether (sulfide) groups is 1. The molecule has 180 valence electrons. The lowest BCUT2D eigenvalue weighted by atomic mass is 9.99. The topological polar surface area (TPSA) is 75.7 Å². The number of benzene rings is 3. The van der Waals surface area contributed by atoms with Crippen molar-refractivity contribution in [2.45, 2.75) is 37.8 Å². The third-order valence-electron chi connectivity index (χ3n) is 5.87. The average molecular weight is 489 g/mol. The van der Waals surface area contributed by atoms with E-state index in [1.165, 1.54) is 17.3 Å². The molecular weight excluding hydrogens is 460 g/mol. The Balaban J connectivity index is 1.34. The summed E-state index contributed by atoms with van der Waals surface area (Å²) in [7, 11) is 0. The minimum Gasteiger partial charge on any atom is -0.449 e. The average Bonchev–Trinajstić information content (AvgIpc) is 2.88. The molecular formula is C28H28N2O4S. The fourth-order valence-electron chi connectivity index (χ4n) is 3.95. The Morgan fingerprint density at radius 2 is 1.66 bits per heavy atom. The molecule has 0 aliphatic carbocycles. The van der Waals surface area contributed by atoms with E-state index in [4.69, 9.17) is 4.74 Å². The van der Waals surface area contributed by atoms with Gasteiger partial charge in [-0.3, -0.25) is 9.59 Å². The SMILES string of the molecule is Cc1ccc(NC(=O)CSc2ccccc2C(=O)OC(C)C(=O)N2CCc3ccccc3C2)cc1. The number of carbonyl (C=O) groups is 3. The molecule has 7 heteroatoms. The number of nitrogens with one attached hydrogen (secondary N) is 1. The zero-order chi connectivity index (χ0) is 24.8. The maximum Gasteiger partial charge on any atom is 0.340 e. The van der Waals surface area contributed by atoms with Gasteiger partial charge < -0.3 is 15.0 Å². The van der Waals surface area contributed by atoms with Crippen molar-refractivity contribution in [3.8, 4) is 0 Å². The van der Waals surface area contributed by atoms with Gasteiger partial charge in [-0.1, -0.05) is 54.1 Å². The van der Waals surface area contributed by atoms with Crippen LogP contribution in [-0.4, -0.2) is 41.1 Å². The maximum absolute atomic E-state index is 13.0. The number of amides is 2. The molecule has 1 heterocycles. The molecule has 0 saturated carbocycles. The minimum absolute atomic E-state index is 0.139. The summed E-state index contributed by atoms with van der Waals surface area (Å²) < 4.78 is 5.55. The van der Waals surface area contributed by atoms with Crippen LogP contribution in [-0.2, 0) is 27.3 Å². The number of anilines is 1. The lowest BCUT2D eigenvalue weighted by Gasteiger charge is -2.30. The van der Waals surface area contributed by atoms with E-state index >= 15 is 0 Å². The first-order valence-corrected chi connectivity index (χ1v) is 12.5. The van der Waals surface area contributed by atoms with Gasteiger partial charge in [-0.05, 0) is 55.7 Å². The van der Waals surface area contributed by atoms with E-state index in [2.05, 4.69) is 11.4 Å². The molecule has 0 spiro atoms. The molecule has 0 bridgehead atoms. The van der Waals surface area contributed by atoms with Crippen LogP contribution in [0.3, 0.4) is 0 Å². The third kappa shape index (κ3) is 6.31. The van der Waals surface area contributed by atoms with Gasteiger partial charge >= 0.3 is 5.97 Å². The van der Waals surface area contributed by atoms with E-state index < -0.39 is 12.1 Å². The number of hydrogen-bond donors (Lipinski definition) is 1. The van der Waals surface area contributed by atoms with Crippen LogP contribution in [0.25, 0.3) is 0 Å². The molecule has 3 aromatic rings. The second-order valence-electron chi connectivity index (χ2n) is 8.53.